The Kier molecular flexibility index (Phi) is 5.90. The predicted molar refractivity (Wildman–Crippen MR) is 94.6 cm³/mol. The third-order valence-corrected chi connectivity index (χ3v) is 4.84. The number of benzene rings is 1. The maximum absolute atomic E-state index is 11.5. The van der Waals surface area contributed by atoms with Gasteiger partial charge < -0.3 is 10.1 Å². The number of rotatable bonds is 5. The van der Waals surface area contributed by atoms with Crippen LogP contribution in [0.4, 0.5) is 0 Å². The summed E-state index contributed by atoms with van der Waals surface area (Å²) in [5.74, 6) is -0.231. The molecule has 3 nitrogen and oxygen atoms in total. The summed E-state index contributed by atoms with van der Waals surface area (Å²) in [6, 6.07) is 9.78. The van der Waals surface area contributed by atoms with Gasteiger partial charge in [0.2, 0.25) is 0 Å². The molecule has 0 saturated carbocycles. The molecule has 0 aromatic heterocycles. The number of esters is 1. The molecule has 110 valence electrons. The summed E-state index contributed by atoms with van der Waals surface area (Å²) < 4.78 is 4.95. The molecule has 1 aliphatic rings. The molecule has 0 spiro atoms. The van der Waals surface area contributed by atoms with Crippen LogP contribution in [0.2, 0.25) is 0 Å². The number of carbonyl (C=O) groups excluding carboxylic acids is 1. The van der Waals surface area contributed by atoms with E-state index in [0.29, 0.717) is 11.6 Å². The smallest absolute Gasteiger partial charge is 0.307 e. The summed E-state index contributed by atoms with van der Waals surface area (Å²) in [7, 11) is 0. The van der Waals surface area contributed by atoms with Gasteiger partial charge in [0, 0.05) is 4.86 Å². The van der Waals surface area contributed by atoms with Crippen LogP contribution in [0.15, 0.2) is 41.4 Å². The fourth-order valence-electron chi connectivity index (χ4n) is 1.82. The Morgan fingerprint density at radius 2 is 2.14 bits per heavy atom. The molecule has 6 heteroatoms. The van der Waals surface area contributed by atoms with E-state index < -0.39 is 0 Å². The van der Waals surface area contributed by atoms with Gasteiger partial charge in [-0.3, -0.25) is 4.79 Å². The van der Waals surface area contributed by atoms with Crippen molar-refractivity contribution in [2.24, 2.45) is 0 Å². The van der Waals surface area contributed by atoms with E-state index in [1.165, 1.54) is 11.8 Å². The lowest BCUT2D eigenvalue weighted by atomic mass is 10.1. The van der Waals surface area contributed by atoms with Crippen LogP contribution in [-0.4, -0.2) is 27.7 Å². The lowest BCUT2D eigenvalue weighted by molar-refractivity contribution is -0.142. The summed E-state index contributed by atoms with van der Waals surface area (Å²) in [4.78, 5) is 12.9. The Labute approximate surface area is 139 Å². The highest BCUT2D eigenvalue weighted by Crippen LogP contribution is 2.30. The number of nitrogens with one attached hydrogen (secondary N) is 1. The lowest BCUT2D eigenvalue weighted by Crippen LogP contribution is -2.23. The topological polar surface area (TPSA) is 38.3 Å². The van der Waals surface area contributed by atoms with Gasteiger partial charge in [0.1, 0.15) is 0 Å². The quantitative estimate of drug-likeness (QED) is 0.385. The highest BCUT2D eigenvalue weighted by Gasteiger charge is 2.28. The van der Waals surface area contributed by atoms with Crippen LogP contribution >= 0.6 is 36.2 Å². The van der Waals surface area contributed by atoms with Crippen molar-refractivity contribution in [3.05, 3.63) is 47.0 Å². The third kappa shape index (κ3) is 4.62. The second-order valence-electron chi connectivity index (χ2n) is 4.34. The largest absolute Gasteiger partial charge is 0.466 e. The molecule has 1 fully saturated rings. The monoisotopic (exact) mass is 337 g/mol. The summed E-state index contributed by atoms with van der Waals surface area (Å²) in [5.41, 5.74) is 0.988. The van der Waals surface area contributed by atoms with E-state index in [-0.39, 0.29) is 17.6 Å². The standard InChI is InChI=1S/C15H15NO2S3/c1-2-18-14(17)9-12-15(20)16-13(21-12)8-11(19)10-6-4-3-5-7-10/h3-8,12H,2,9H2,1H3,(H,16,20)/b13-8-. The van der Waals surface area contributed by atoms with Gasteiger partial charge in [-0.25, -0.2) is 0 Å². The average Bonchev–Trinajstić information content (AvgIpc) is 2.80. The van der Waals surface area contributed by atoms with Gasteiger partial charge >= 0.3 is 5.97 Å². The van der Waals surface area contributed by atoms with Crippen LogP contribution in [0, 0.1) is 0 Å². The molecule has 2 rings (SSSR count). The van der Waals surface area contributed by atoms with Crippen LogP contribution in [0.25, 0.3) is 0 Å². The van der Waals surface area contributed by atoms with Crippen molar-refractivity contribution in [3.8, 4) is 0 Å². The minimum atomic E-state index is -0.231. The minimum Gasteiger partial charge on any atom is -0.466 e. The van der Waals surface area contributed by atoms with Gasteiger partial charge in [-0.1, -0.05) is 66.5 Å². The SMILES string of the molecule is CCOC(=O)CC1S/C(=C\C(=S)c2ccccc2)NC1=S. The summed E-state index contributed by atoms with van der Waals surface area (Å²) in [5, 5.41) is 3.91. The second-order valence-corrected chi connectivity index (χ2v) is 6.47. The Hall–Kier alpha value is -1.24. The first-order valence-corrected chi connectivity index (χ1v) is 8.24. The van der Waals surface area contributed by atoms with E-state index in [2.05, 4.69) is 5.32 Å². The average molecular weight is 337 g/mol. The van der Waals surface area contributed by atoms with Gasteiger partial charge in [0.15, 0.2) is 0 Å². The Morgan fingerprint density at radius 3 is 2.81 bits per heavy atom. The number of thioether (sulfide) groups is 1. The van der Waals surface area contributed by atoms with Crippen molar-refractivity contribution in [1.29, 1.82) is 0 Å². The zero-order valence-corrected chi connectivity index (χ0v) is 13.9. The van der Waals surface area contributed by atoms with Crippen LogP contribution in [-0.2, 0) is 9.53 Å². The molecule has 1 aromatic carbocycles. The van der Waals surface area contributed by atoms with Gasteiger partial charge in [-0.15, -0.1) is 0 Å². The van der Waals surface area contributed by atoms with E-state index >= 15 is 0 Å². The lowest BCUT2D eigenvalue weighted by Gasteiger charge is -2.06. The Bertz CT molecular complexity index is 584. The van der Waals surface area contributed by atoms with E-state index in [1.807, 2.05) is 36.4 Å². The molecule has 1 aromatic rings. The first kappa shape index (κ1) is 16.1. The molecule has 0 bridgehead atoms. The fourth-order valence-corrected chi connectivity index (χ4v) is 3.60. The third-order valence-electron chi connectivity index (χ3n) is 2.79. The molecule has 21 heavy (non-hydrogen) atoms. The van der Waals surface area contributed by atoms with Crippen molar-refractivity contribution in [2.45, 2.75) is 18.6 Å². The first-order chi connectivity index (χ1) is 10.1. The molecule has 1 N–H and O–H groups in total. The molecule has 0 aliphatic carbocycles. The first-order valence-electron chi connectivity index (χ1n) is 6.54. The summed E-state index contributed by atoms with van der Waals surface area (Å²) >= 11 is 12.2. The maximum atomic E-state index is 11.5. The van der Waals surface area contributed by atoms with E-state index in [9.17, 15) is 4.79 Å². The zero-order valence-electron chi connectivity index (χ0n) is 11.5. The molecule has 1 unspecified atom stereocenters. The van der Waals surface area contributed by atoms with E-state index in [0.717, 1.165) is 15.5 Å². The number of carbonyl (C=O) groups is 1. The highest BCUT2D eigenvalue weighted by atomic mass is 32.2. The van der Waals surface area contributed by atoms with Crippen LogP contribution in [0.3, 0.4) is 0 Å². The minimum absolute atomic E-state index is 0.0797. The van der Waals surface area contributed by atoms with Gasteiger partial charge in [-0.2, -0.15) is 0 Å². The normalized spacial score (nSPS) is 19.4. The predicted octanol–water partition coefficient (Wildman–Crippen LogP) is 3.23. The maximum Gasteiger partial charge on any atom is 0.307 e. The van der Waals surface area contributed by atoms with Crippen molar-refractivity contribution >= 4 is 52.0 Å². The van der Waals surface area contributed by atoms with Crippen molar-refractivity contribution in [1.82, 2.24) is 5.32 Å². The summed E-state index contributed by atoms with van der Waals surface area (Å²) in [6.07, 6.45) is 2.16. The number of hydrogen-bond donors (Lipinski definition) is 1. The summed E-state index contributed by atoms with van der Waals surface area (Å²) in [6.45, 7) is 2.18. The van der Waals surface area contributed by atoms with Crippen molar-refractivity contribution in [2.75, 3.05) is 6.61 Å². The molecular formula is C15H15NO2S3. The van der Waals surface area contributed by atoms with Crippen LogP contribution in [0.5, 0.6) is 0 Å². The Balaban J connectivity index is 2.00. The number of ether oxygens (including phenoxy) is 1. The zero-order chi connectivity index (χ0) is 15.2. The molecule has 0 radical (unpaired) electrons. The van der Waals surface area contributed by atoms with E-state index in [1.54, 1.807) is 6.92 Å². The van der Waals surface area contributed by atoms with Gasteiger partial charge in [0.05, 0.1) is 28.3 Å². The number of allylic oxidation sites excluding steroid dienone is 1. The highest BCUT2D eigenvalue weighted by molar-refractivity contribution is 8.06. The molecule has 1 aliphatic heterocycles. The van der Waals surface area contributed by atoms with Gasteiger partial charge in [-0.05, 0) is 18.6 Å². The number of hydrogen-bond acceptors (Lipinski definition) is 5. The molecule has 1 saturated heterocycles. The van der Waals surface area contributed by atoms with Crippen LogP contribution in [0.1, 0.15) is 18.9 Å². The molecule has 0 amide bonds. The number of thiocarbonyl (C=S) groups is 2. The van der Waals surface area contributed by atoms with Crippen molar-refractivity contribution < 1.29 is 9.53 Å². The van der Waals surface area contributed by atoms with Crippen molar-refractivity contribution in [3.63, 3.8) is 0 Å². The fraction of sp³-hybridized carbons (Fsp3) is 0.267. The molecule has 1 atom stereocenters. The second kappa shape index (κ2) is 7.68. The van der Waals surface area contributed by atoms with Crippen LogP contribution < -0.4 is 5.32 Å². The van der Waals surface area contributed by atoms with Gasteiger partial charge in [0.25, 0.3) is 0 Å². The molecule has 1 heterocycles. The Morgan fingerprint density at radius 1 is 1.43 bits per heavy atom. The molecular weight excluding hydrogens is 322 g/mol. The van der Waals surface area contributed by atoms with E-state index in [4.69, 9.17) is 29.2 Å².